The van der Waals surface area contributed by atoms with E-state index in [1.807, 2.05) is 0 Å². The number of aromatic nitrogens is 1. The van der Waals surface area contributed by atoms with Crippen LogP contribution in [-0.2, 0) is 38.4 Å². The van der Waals surface area contributed by atoms with Crippen molar-refractivity contribution in [3.8, 4) is 0 Å². The maximum atomic E-state index is 14.2. The molecule has 0 aliphatic heterocycles. The first kappa shape index (κ1) is 15.9. The van der Waals surface area contributed by atoms with Crippen molar-refractivity contribution in [2.75, 3.05) is 6.26 Å². The Labute approximate surface area is 132 Å². The molecule has 0 radical (unpaired) electrons. The zero-order valence-electron chi connectivity index (χ0n) is 12.5. The number of carboxylic acids is 1. The number of halogens is 1. The molecule has 0 unspecified atom stereocenters. The first-order valence-corrected chi connectivity index (χ1v) is 8.97. The summed E-state index contributed by atoms with van der Waals surface area (Å²) < 4.78 is 43.3. The Balaban J connectivity index is 2.12. The molecule has 23 heavy (non-hydrogen) atoms. The van der Waals surface area contributed by atoms with E-state index >= 15 is 0 Å². The summed E-state index contributed by atoms with van der Waals surface area (Å²) in [5.74, 6) is -1.49. The molecule has 1 aliphatic carbocycles. The number of hydrogen-bond acceptors (Lipinski definition) is 4. The number of aliphatic carboxylic acids is 1. The molecule has 2 heterocycles. The van der Waals surface area contributed by atoms with E-state index in [0.29, 0.717) is 29.6 Å². The van der Waals surface area contributed by atoms with Crippen molar-refractivity contribution in [3.05, 3.63) is 41.0 Å². The quantitative estimate of drug-likeness (QED) is 0.673. The molecule has 1 aliphatic rings. The number of rotatable bonds is 4. The maximum absolute atomic E-state index is 14.2. The van der Waals surface area contributed by atoms with E-state index in [1.54, 1.807) is 6.07 Å². The topological polar surface area (TPSA) is 85.1 Å². The predicted octanol–water partition coefficient (Wildman–Crippen LogP) is 1.54. The van der Waals surface area contributed by atoms with Gasteiger partial charge in [0.25, 0.3) is 10.1 Å². The van der Waals surface area contributed by atoms with Crippen LogP contribution < -0.4 is 0 Å². The second-order valence-electron chi connectivity index (χ2n) is 5.71. The van der Waals surface area contributed by atoms with Crippen LogP contribution in [0.4, 0.5) is 4.39 Å². The van der Waals surface area contributed by atoms with Gasteiger partial charge in [-0.05, 0) is 36.1 Å². The highest BCUT2D eigenvalue weighted by Gasteiger charge is 2.29. The summed E-state index contributed by atoms with van der Waals surface area (Å²) in [6, 6.07) is 4.50. The maximum Gasteiger partial charge on any atom is 0.307 e. The fourth-order valence-electron chi connectivity index (χ4n) is 3.27. The van der Waals surface area contributed by atoms with Crippen molar-refractivity contribution < 1.29 is 26.9 Å². The van der Waals surface area contributed by atoms with Crippen molar-refractivity contribution in [3.63, 3.8) is 0 Å². The van der Waals surface area contributed by atoms with Crippen molar-refractivity contribution in [2.24, 2.45) is 0 Å². The monoisotopic (exact) mass is 341 g/mol. The lowest BCUT2D eigenvalue weighted by atomic mass is 9.92. The van der Waals surface area contributed by atoms with Crippen LogP contribution in [0.2, 0.25) is 0 Å². The molecule has 0 fully saturated rings. The van der Waals surface area contributed by atoms with E-state index in [4.69, 9.17) is 9.29 Å². The van der Waals surface area contributed by atoms with Gasteiger partial charge in [-0.15, -0.1) is 0 Å². The predicted molar refractivity (Wildman–Crippen MR) is 80.4 cm³/mol. The molecular weight excluding hydrogens is 325 g/mol. The largest absolute Gasteiger partial charge is 0.481 e. The molecule has 3 rings (SSSR count). The average Bonchev–Trinajstić information content (AvgIpc) is 2.72. The molecule has 2 aromatic heterocycles. The zero-order valence-corrected chi connectivity index (χ0v) is 13.3. The lowest BCUT2D eigenvalue weighted by Crippen LogP contribution is -2.26. The molecular formula is C15H16FNO5S. The molecule has 1 atom stereocenters. The summed E-state index contributed by atoms with van der Waals surface area (Å²) in [7, 11) is -3.60. The van der Waals surface area contributed by atoms with E-state index in [9.17, 15) is 17.6 Å². The molecule has 8 heteroatoms. The van der Waals surface area contributed by atoms with Gasteiger partial charge in [0.2, 0.25) is 0 Å². The molecule has 0 amide bonds. The molecule has 1 N–H and O–H groups in total. The van der Waals surface area contributed by atoms with Crippen LogP contribution in [0.1, 0.15) is 23.2 Å². The highest BCUT2D eigenvalue weighted by Crippen LogP contribution is 2.33. The van der Waals surface area contributed by atoms with E-state index in [0.717, 1.165) is 11.8 Å². The summed E-state index contributed by atoms with van der Waals surface area (Å²) in [5.41, 5.74) is 2.47. The third-order valence-electron chi connectivity index (χ3n) is 4.01. The standard InChI is InChI=1S/C15H16FNO5S/c1-23(20,21)22-9-5-6-10-11(8-15(18)19)12-3-2-4-14(16)17(12)13(10)7-9/h2-4,9H,5-8H2,1H3,(H,18,19)/t9-/m0/s1. The van der Waals surface area contributed by atoms with Crippen LogP contribution in [0.5, 0.6) is 0 Å². The Morgan fingerprint density at radius 1 is 1.48 bits per heavy atom. The SMILES string of the molecule is CS(=O)(=O)O[C@H]1CCc2c(CC(=O)O)c3cccc(F)n3c2C1. The van der Waals surface area contributed by atoms with Crippen molar-refractivity contribution >= 4 is 21.6 Å². The Morgan fingerprint density at radius 2 is 2.22 bits per heavy atom. The van der Waals surface area contributed by atoms with Crippen LogP contribution in [-0.4, -0.2) is 36.3 Å². The lowest BCUT2D eigenvalue weighted by molar-refractivity contribution is -0.136. The fourth-order valence-corrected chi connectivity index (χ4v) is 3.93. The Morgan fingerprint density at radius 3 is 2.87 bits per heavy atom. The number of hydrogen-bond donors (Lipinski definition) is 1. The summed E-state index contributed by atoms with van der Waals surface area (Å²) in [4.78, 5) is 11.1. The second-order valence-corrected chi connectivity index (χ2v) is 7.31. The van der Waals surface area contributed by atoms with Gasteiger partial charge < -0.3 is 5.11 Å². The third-order valence-corrected chi connectivity index (χ3v) is 4.63. The van der Waals surface area contributed by atoms with E-state index < -0.39 is 28.1 Å². The minimum Gasteiger partial charge on any atom is -0.481 e. The van der Waals surface area contributed by atoms with Crippen LogP contribution in [0, 0.1) is 5.95 Å². The summed E-state index contributed by atoms with van der Waals surface area (Å²) >= 11 is 0. The normalized spacial score (nSPS) is 18.1. The van der Waals surface area contributed by atoms with Gasteiger partial charge in [0, 0.05) is 12.1 Å². The third kappa shape index (κ3) is 3.09. The van der Waals surface area contributed by atoms with Crippen molar-refractivity contribution in [1.29, 1.82) is 0 Å². The molecule has 6 nitrogen and oxygen atoms in total. The first-order valence-electron chi connectivity index (χ1n) is 7.16. The van der Waals surface area contributed by atoms with Gasteiger partial charge in [-0.3, -0.25) is 13.4 Å². The van der Waals surface area contributed by atoms with E-state index in [1.165, 1.54) is 16.5 Å². The van der Waals surface area contributed by atoms with Gasteiger partial charge in [-0.25, -0.2) is 0 Å². The number of pyridine rings is 1. The summed E-state index contributed by atoms with van der Waals surface area (Å²) in [6.07, 6.45) is 1.36. The van der Waals surface area contributed by atoms with Gasteiger partial charge in [0.05, 0.1) is 24.3 Å². The fraction of sp³-hybridized carbons (Fsp3) is 0.400. The van der Waals surface area contributed by atoms with E-state index in [2.05, 4.69) is 0 Å². The molecule has 0 aromatic carbocycles. The lowest BCUT2D eigenvalue weighted by Gasteiger charge is -2.22. The molecule has 0 bridgehead atoms. The highest BCUT2D eigenvalue weighted by atomic mass is 32.2. The average molecular weight is 341 g/mol. The number of fused-ring (bicyclic) bond motifs is 3. The smallest absolute Gasteiger partial charge is 0.307 e. The Hall–Kier alpha value is -1.93. The van der Waals surface area contributed by atoms with Gasteiger partial charge in [-0.1, -0.05) is 6.07 Å². The molecule has 0 spiro atoms. The summed E-state index contributed by atoms with van der Waals surface area (Å²) in [6.45, 7) is 0. The van der Waals surface area contributed by atoms with Crippen LogP contribution in [0.3, 0.4) is 0 Å². The van der Waals surface area contributed by atoms with Crippen LogP contribution >= 0.6 is 0 Å². The van der Waals surface area contributed by atoms with Gasteiger partial charge >= 0.3 is 5.97 Å². The van der Waals surface area contributed by atoms with Crippen molar-refractivity contribution in [1.82, 2.24) is 4.40 Å². The number of nitrogens with zero attached hydrogens (tertiary/aromatic N) is 1. The van der Waals surface area contributed by atoms with Crippen molar-refractivity contribution in [2.45, 2.75) is 31.8 Å². The number of carbonyl (C=O) groups is 1. The van der Waals surface area contributed by atoms with Gasteiger partial charge in [-0.2, -0.15) is 12.8 Å². The Bertz CT molecular complexity index is 887. The van der Waals surface area contributed by atoms with E-state index in [-0.39, 0.29) is 12.8 Å². The molecule has 0 saturated carbocycles. The van der Waals surface area contributed by atoms with Gasteiger partial charge in [0.15, 0.2) is 5.95 Å². The van der Waals surface area contributed by atoms with Gasteiger partial charge in [0.1, 0.15) is 0 Å². The summed E-state index contributed by atoms with van der Waals surface area (Å²) in [5, 5.41) is 9.11. The minimum absolute atomic E-state index is 0.195. The van der Waals surface area contributed by atoms with Crippen LogP contribution in [0.15, 0.2) is 18.2 Å². The Kier molecular flexibility index (Phi) is 3.89. The number of carboxylic acid groups (broad SMARTS) is 1. The second kappa shape index (κ2) is 5.61. The molecule has 0 saturated heterocycles. The van der Waals surface area contributed by atoms with Crippen LogP contribution in [0.25, 0.3) is 5.52 Å². The zero-order chi connectivity index (χ0) is 16.8. The molecule has 2 aromatic rings. The molecule has 124 valence electrons. The highest BCUT2D eigenvalue weighted by molar-refractivity contribution is 7.86. The first-order chi connectivity index (χ1) is 10.8. The minimum atomic E-state index is -3.60.